The molecule has 3 nitrogen and oxygen atoms in total. The molecule has 0 saturated heterocycles. The summed E-state index contributed by atoms with van der Waals surface area (Å²) in [7, 11) is 0. The van der Waals surface area contributed by atoms with E-state index in [9.17, 15) is 0 Å². The fourth-order valence-electron chi connectivity index (χ4n) is 2.72. The molecule has 21 heavy (non-hydrogen) atoms. The molecule has 4 aromatic rings. The molecule has 2 heterocycles. The Morgan fingerprint density at radius 2 is 1.81 bits per heavy atom. The highest BCUT2D eigenvalue weighted by Gasteiger charge is 2.16. The second-order valence-electron chi connectivity index (χ2n) is 5.27. The number of fused-ring (bicyclic) bond motifs is 2. The van der Waals surface area contributed by atoms with Crippen LogP contribution in [0.25, 0.3) is 27.0 Å². The fraction of sp³-hybridized carbons (Fsp3) is 0.118. The van der Waals surface area contributed by atoms with Crippen LogP contribution in [-0.4, -0.2) is 9.38 Å². The van der Waals surface area contributed by atoms with Crippen LogP contribution in [0, 0.1) is 13.8 Å². The van der Waals surface area contributed by atoms with Crippen molar-refractivity contribution in [2.45, 2.75) is 13.8 Å². The molecule has 4 rings (SSSR count). The Hall–Kier alpha value is -2.33. The van der Waals surface area contributed by atoms with Crippen LogP contribution >= 0.6 is 11.3 Å². The Bertz CT molecular complexity index is 978. The van der Waals surface area contributed by atoms with Crippen molar-refractivity contribution in [3.8, 4) is 11.3 Å². The maximum Gasteiger partial charge on any atom is 0.196 e. The standard InChI is InChI=1S/C17H15N3S/c1-10-11(2)21-17-19-15(16(18)20(10)17)14-8-7-12-5-3-4-6-13(12)9-14/h3-9H,18H2,1-2H3. The second kappa shape index (κ2) is 4.33. The molecule has 2 aromatic carbocycles. The molecule has 0 atom stereocenters. The number of nitrogens with two attached hydrogens (primary N) is 1. The molecule has 0 aliphatic carbocycles. The first-order valence-electron chi connectivity index (χ1n) is 6.88. The van der Waals surface area contributed by atoms with Gasteiger partial charge in [-0.05, 0) is 30.7 Å². The van der Waals surface area contributed by atoms with Crippen molar-refractivity contribution in [3.05, 3.63) is 53.0 Å². The van der Waals surface area contributed by atoms with Crippen LogP contribution in [0.1, 0.15) is 10.6 Å². The molecule has 0 aliphatic rings. The topological polar surface area (TPSA) is 43.3 Å². The number of hydrogen-bond donors (Lipinski definition) is 1. The highest BCUT2D eigenvalue weighted by molar-refractivity contribution is 7.17. The third kappa shape index (κ3) is 1.76. The third-order valence-corrected chi connectivity index (χ3v) is 5.05. The van der Waals surface area contributed by atoms with Gasteiger partial charge in [0, 0.05) is 16.1 Å². The number of imidazole rings is 1. The van der Waals surface area contributed by atoms with E-state index in [1.165, 1.54) is 21.3 Å². The summed E-state index contributed by atoms with van der Waals surface area (Å²) in [5.74, 6) is 0.724. The molecule has 0 amide bonds. The molecule has 0 saturated carbocycles. The van der Waals surface area contributed by atoms with E-state index in [2.05, 4.69) is 56.3 Å². The van der Waals surface area contributed by atoms with Crippen molar-refractivity contribution in [1.82, 2.24) is 9.38 Å². The van der Waals surface area contributed by atoms with Crippen molar-refractivity contribution >= 4 is 32.9 Å². The quantitative estimate of drug-likeness (QED) is 0.564. The predicted octanol–water partition coefficient (Wildman–Crippen LogP) is 4.42. The van der Waals surface area contributed by atoms with Gasteiger partial charge in [0.25, 0.3) is 0 Å². The average Bonchev–Trinajstić information content (AvgIpc) is 2.96. The third-order valence-electron chi connectivity index (χ3n) is 3.99. The summed E-state index contributed by atoms with van der Waals surface area (Å²) in [4.78, 5) is 6.95. The second-order valence-corrected chi connectivity index (χ2v) is 6.45. The molecule has 0 bridgehead atoms. The molecule has 104 valence electrons. The number of nitrogen functional groups attached to an aromatic ring is 1. The van der Waals surface area contributed by atoms with E-state index in [0.717, 1.165) is 22.0 Å². The zero-order valence-electron chi connectivity index (χ0n) is 11.9. The molecule has 4 heteroatoms. The van der Waals surface area contributed by atoms with Crippen LogP contribution < -0.4 is 5.73 Å². The lowest BCUT2D eigenvalue weighted by Crippen LogP contribution is -1.95. The van der Waals surface area contributed by atoms with Gasteiger partial charge in [0.15, 0.2) is 4.96 Å². The SMILES string of the molecule is Cc1sc2nc(-c3ccc4ccccc4c3)c(N)n2c1C. The molecule has 0 fully saturated rings. The van der Waals surface area contributed by atoms with Gasteiger partial charge in [-0.3, -0.25) is 4.40 Å². The summed E-state index contributed by atoms with van der Waals surface area (Å²) in [5, 5.41) is 2.44. The first-order chi connectivity index (χ1) is 10.1. The number of thiazole rings is 1. The van der Waals surface area contributed by atoms with Crippen molar-refractivity contribution in [3.63, 3.8) is 0 Å². The van der Waals surface area contributed by atoms with Crippen molar-refractivity contribution < 1.29 is 0 Å². The van der Waals surface area contributed by atoms with Crippen LogP contribution in [0.2, 0.25) is 0 Å². The largest absolute Gasteiger partial charge is 0.383 e. The van der Waals surface area contributed by atoms with E-state index in [4.69, 9.17) is 10.7 Å². The minimum atomic E-state index is 0.724. The Balaban J connectivity index is 1.97. The van der Waals surface area contributed by atoms with Gasteiger partial charge in [-0.1, -0.05) is 36.4 Å². The lowest BCUT2D eigenvalue weighted by molar-refractivity contribution is 1.12. The Labute approximate surface area is 126 Å². The summed E-state index contributed by atoms with van der Waals surface area (Å²) >= 11 is 1.68. The van der Waals surface area contributed by atoms with Crippen LogP contribution in [0.4, 0.5) is 5.82 Å². The molecule has 2 N–H and O–H groups in total. The monoisotopic (exact) mass is 293 g/mol. The fourth-order valence-corrected chi connectivity index (χ4v) is 3.70. The summed E-state index contributed by atoms with van der Waals surface area (Å²) < 4.78 is 2.05. The van der Waals surface area contributed by atoms with Gasteiger partial charge in [0.1, 0.15) is 11.5 Å². The van der Waals surface area contributed by atoms with E-state index in [-0.39, 0.29) is 0 Å². The smallest absolute Gasteiger partial charge is 0.196 e. The predicted molar refractivity (Wildman–Crippen MR) is 89.9 cm³/mol. The van der Waals surface area contributed by atoms with Gasteiger partial charge in [-0.15, -0.1) is 11.3 Å². The minimum absolute atomic E-state index is 0.724. The first kappa shape index (κ1) is 12.4. The summed E-state index contributed by atoms with van der Waals surface area (Å²) in [6.07, 6.45) is 0. The normalized spacial score (nSPS) is 11.5. The number of nitrogens with zero attached hydrogens (tertiary/aromatic N) is 2. The van der Waals surface area contributed by atoms with Gasteiger partial charge >= 0.3 is 0 Å². The first-order valence-corrected chi connectivity index (χ1v) is 7.70. The number of anilines is 1. The van der Waals surface area contributed by atoms with E-state index in [0.29, 0.717) is 0 Å². The Kier molecular flexibility index (Phi) is 2.56. The van der Waals surface area contributed by atoms with Crippen LogP contribution in [-0.2, 0) is 0 Å². The molecule has 0 unspecified atom stereocenters. The van der Waals surface area contributed by atoms with Gasteiger partial charge < -0.3 is 5.73 Å². The maximum absolute atomic E-state index is 6.34. The molecule has 0 radical (unpaired) electrons. The van der Waals surface area contributed by atoms with Gasteiger partial charge in [0.2, 0.25) is 0 Å². The summed E-state index contributed by atoms with van der Waals surface area (Å²) in [5.41, 5.74) is 9.45. The van der Waals surface area contributed by atoms with Gasteiger partial charge in [-0.25, -0.2) is 4.98 Å². The van der Waals surface area contributed by atoms with Crippen molar-refractivity contribution in [2.24, 2.45) is 0 Å². The molecule has 2 aromatic heterocycles. The molecular formula is C17H15N3S. The van der Waals surface area contributed by atoms with Gasteiger partial charge in [0.05, 0.1) is 0 Å². The van der Waals surface area contributed by atoms with E-state index >= 15 is 0 Å². The van der Waals surface area contributed by atoms with Crippen molar-refractivity contribution in [2.75, 3.05) is 5.73 Å². The van der Waals surface area contributed by atoms with E-state index < -0.39 is 0 Å². The average molecular weight is 293 g/mol. The summed E-state index contributed by atoms with van der Waals surface area (Å²) in [6, 6.07) is 14.7. The lowest BCUT2D eigenvalue weighted by atomic mass is 10.1. The number of hydrogen-bond acceptors (Lipinski definition) is 3. The molecular weight excluding hydrogens is 278 g/mol. The van der Waals surface area contributed by atoms with E-state index in [1.54, 1.807) is 11.3 Å². The van der Waals surface area contributed by atoms with Gasteiger partial charge in [-0.2, -0.15) is 0 Å². The van der Waals surface area contributed by atoms with Crippen LogP contribution in [0.15, 0.2) is 42.5 Å². The number of rotatable bonds is 1. The number of aromatic nitrogens is 2. The maximum atomic E-state index is 6.34. The zero-order chi connectivity index (χ0) is 14.6. The number of aryl methyl sites for hydroxylation is 2. The molecule has 0 spiro atoms. The Morgan fingerprint density at radius 1 is 1.05 bits per heavy atom. The lowest BCUT2D eigenvalue weighted by Gasteiger charge is -2.03. The van der Waals surface area contributed by atoms with E-state index in [1.807, 2.05) is 4.40 Å². The molecule has 0 aliphatic heterocycles. The minimum Gasteiger partial charge on any atom is -0.383 e. The Morgan fingerprint density at radius 3 is 2.57 bits per heavy atom. The van der Waals surface area contributed by atoms with Crippen molar-refractivity contribution in [1.29, 1.82) is 0 Å². The summed E-state index contributed by atoms with van der Waals surface area (Å²) in [6.45, 7) is 4.19. The zero-order valence-corrected chi connectivity index (χ0v) is 12.7. The van der Waals surface area contributed by atoms with Crippen LogP contribution in [0.5, 0.6) is 0 Å². The number of benzene rings is 2. The van der Waals surface area contributed by atoms with Crippen LogP contribution in [0.3, 0.4) is 0 Å². The highest BCUT2D eigenvalue weighted by Crippen LogP contribution is 2.33. The highest BCUT2D eigenvalue weighted by atomic mass is 32.1.